The number of hydrogen-bond acceptors (Lipinski definition) is 3. The second-order valence-corrected chi connectivity index (χ2v) is 6.70. The molecule has 1 fully saturated rings. The van der Waals surface area contributed by atoms with Crippen LogP contribution >= 0.6 is 0 Å². The highest BCUT2D eigenvalue weighted by atomic mass is 16.2. The number of carbonyl (C=O) groups excluding carboxylic acids is 2. The molecule has 0 radical (unpaired) electrons. The number of amides is 2. The Bertz CT molecular complexity index is 726. The lowest BCUT2D eigenvalue weighted by Crippen LogP contribution is -2.34. The van der Waals surface area contributed by atoms with Gasteiger partial charge in [-0.3, -0.25) is 9.59 Å². The summed E-state index contributed by atoms with van der Waals surface area (Å²) in [5.41, 5.74) is 1.86. The number of nitrogens with one attached hydrogen (secondary N) is 1. The van der Waals surface area contributed by atoms with Crippen LogP contribution in [0, 0.1) is 0 Å². The standard InChI is InChI=1S/C20H26N4O2/c25-19(21-11-7-13-23-12-6-2-5-10-20(23)26)14-17-15-22-24(16-17)18-8-3-1-4-9-18/h1,3-4,8-9,15-16H,2,5-7,10-14H2,(H,21,25). The number of hydrogen-bond donors (Lipinski definition) is 1. The van der Waals surface area contributed by atoms with Gasteiger partial charge in [-0.15, -0.1) is 0 Å². The van der Waals surface area contributed by atoms with Gasteiger partial charge in [0.15, 0.2) is 0 Å². The average Bonchev–Trinajstić information content (AvgIpc) is 3.02. The molecule has 2 aromatic rings. The van der Waals surface area contributed by atoms with Gasteiger partial charge in [-0.25, -0.2) is 4.68 Å². The Hall–Kier alpha value is -2.63. The van der Waals surface area contributed by atoms with Crippen molar-refractivity contribution in [1.29, 1.82) is 0 Å². The molecule has 2 heterocycles. The third kappa shape index (κ3) is 5.18. The largest absolute Gasteiger partial charge is 0.356 e. The molecule has 1 aliphatic heterocycles. The summed E-state index contributed by atoms with van der Waals surface area (Å²) >= 11 is 0. The maximum Gasteiger partial charge on any atom is 0.224 e. The Morgan fingerprint density at radius 3 is 2.85 bits per heavy atom. The van der Waals surface area contributed by atoms with E-state index in [1.165, 1.54) is 0 Å². The van der Waals surface area contributed by atoms with Crippen molar-refractivity contribution in [3.05, 3.63) is 48.3 Å². The summed E-state index contributed by atoms with van der Waals surface area (Å²) in [5, 5.41) is 7.24. The van der Waals surface area contributed by atoms with Gasteiger partial charge >= 0.3 is 0 Å². The first-order valence-electron chi connectivity index (χ1n) is 9.36. The van der Waals surface area contributed by atoms with E-state index in [1.807, 2.05) is 41.4 Å². The molecule has 26 heavy (non-hydrogen) atoms. The maximum absolute atomic E-state index is 12.1. The SMILES string of the molecule is O=C(Cc1cnn(-c2ccccc2)c1)NCCCN1CCCCCC1=O. The minimum absolute atomic E-state index is 0.0141. The van der Waals surface area contributed by atoms with Gasteiger partial charge in [-0.05, 0) is 37.0 Å². The summed E-state index contributed by atoms with van der Waals surface area (Å²) in [6.07, 6.45) is 8.60. The smallest absolute Gasteiger partial charge is 0.224 e. The molecule has 6 heteroatoms. The lowest BCUT2D eigenvalue weighted by molar-refractivity contribution is -0.130. The van der Waals surface area contributed by atoms with E-state index in [4.69, 9.17) is 0 Å². The van der Waals surface area contributed by atoms with Crippen LogP contribution in [0.3, 0.4) is 0 Å². The topological polar surface area (TPSA) is 67.2 Å². The molecule has 0 saturated carbocycles. The summed E-state index contributed by atoms with van der Waals surface area (Å²) in [6.45, 7) is 2.17. The summed E-state index contributed by atoms with van der Waals surface area (Å²) in [4.78, 5) is 26.0. The van der Waals surface area contributed by atoms with Gasteiger partial charge in [0.2, 0.25) is 11.8 Å². The number of para-hydroxylation sites is 1. The molecule has 1 aromatic carbocycles. The average molecular weight is 354 g/mol. The molecule has 0 atom stereocenters. The van der Waals surface area contributed by atoms with E-state index in [0.717, 1.165) is 50.0 Å². The van der Waals surface area contributed by atoms with E-state index >= 15 is 0 Å². The van der Waals surface area contributed by atoms with E-state index in [-0.39, 0.29) is 11.8 Å². The van der Waals surface area contributed by atoms with Crippen LogP contribution in [0.5, 0.6) is 0 Å². The van der Waals surface area contributed by atoms with Gasteiger partial charge in [-0.1, -0.05) is 24.6 Å². The fraction of sp³-hybridized carbons (Fsp3) is 0.450. The van der Waals surface area contributed by atoms with Gasteiger partial charge in [-0.2, -0.15) is 5.10 Å². The van der Waals surface area contributed by atoms with Crippen molar-refractivity contribution in [2.45, 2.75) is 38.5 Å². The first-order chi connectivity index (χ1) is 12.7. The van der Waals surface area contributed by atoms with Crippen molar-refractivity contribution in [3.8, 4) is 5.69 Å². The lowest BCUT2D eigenvalue weighted by Gasteiger charge is -2.20. The van der Waals surface area contributed by atoms with Crippen LogP contribution in [0.2, 0.25) is 0 Å². The fourth-order valence-electron chi connectivity index (χ4n) is 3.19. The van der Waals surface area contributed by atoms with Crippen LogP contribution in [-0.4, -0.2) is 46.1 Å². The minimum Gasteiger partial charge on any atom is -0.356 e. The lowest BCUT2D eigenvalue weighted by atomic mass is 10.2. The molecule has 1 aromatic heterocycles. The number of likely N-dealkylation sites (tertiary alicyclic amines) is 1. The molecule has 6 nitrogen and oxygen atoms in total. The molecule has 138 valence electrons. The maximum atomic E-state index is 12.1. The molecule has 1 saturated heterocycles. The fourth-order valence-corrected chi connectivity index (χ4v) is 3.19. The van der Waals surface area contributed by atoms with Gasteiger partial charge in [0.25, 0.3) is 0 Å². The molecule has 0 aliphatic carbocycles. The highest BCUT2D eigenvalue weighted by molar-refractivity contribution is 5.78. The number of carbonyl (C=O) groups is 2. The molecule has 1 N–H and O–H groups in total. The zero-order valence-corrected chi connectivity index (χ0v) is 15.1. The zero-order valence-electron chi connectivity index (χ0n) is 15.1. The Morgan fingerprint density at radius 2 is 2.00 bits per heavy atom. The summed E-state index contributed by atoms with van der Waals surface area (Å²) in [5.74, 6) is 0.238. The van der Waals surface area contributed by atoms with Crippen LogP contribution < -0.4 is 5.32 Å². The van der Waals surface area contributed by atoms with Crippen molar-refractivity contribution in [1.82, 2.24) is 20.0 Å². The van der Waals surface area contributed by atoms with Crippen molar-refractivity contribution in [2.24, 2.45) is 0 Å². The van der Waals surface area contributed by atoms with Crippen LogP contribution in [0.15, 0.2) is 42.7 Å². The number of benzene rings is 1. The van der Waals surface area contributed by atoms with E-state index in [1.54, 1.807) is 10.9 Å². The predicted octanol–water partition coefficient (Wildman–Crippen LogP) is 2.32. The first-order valence-corrected chi connectivity index (χ1v) is 9.36. The predicted molar refractivity (Wildman–Crippen MR) is 99.9 cm³/mol. The molecule has 0 spiro atoms. The molecule has 1 aliphatic rings. The molecule has 2 amide bonds. The minimum atomic E-state index is -0.0141. The number of aromatic nitrogens is 2. The summed E-state index contributed by atoms with van der Waals surface area (Å²) < 4.78 is 1.77. The Labute approximate surface area is 154 Å². The number of rotatable bonds is 7. The summed E-state index contributed by atoms with van der Waals surface area (Å²) in [6, 6.07) is 9.82. The van der Waals surface area contributed by atoms with Gasteiger partial charge < -0.3 is 10.2 Å². The quantitative estimate of drug-likeness (QED) is 0.776. The van der Waals surface area contributed by atoms with Crippen molar-refractivity contribution < 1.29 is 9.59 Å². The monoisotopic (exact) mass is 354 g/mol. The molecule has 0 unspecified atom stereocenters. The highest BCUT2D eigenvalue weighted by Crippen LogP contribution is 2.11. The van der Waals surface area contributed by atoms with Gasteiger partial charge in [0, 0.05) is 32.3 Å². The number of nitrogens with zero attached hydrogens (tertiary/aromatic N) is 3. The van der Waals surface area contributed by atoms with Crippen LogP contribution in [-0.2, 0) is 16.0 Å². The zero-order chi connectivity index (χ0) is 18.2. The Kier molecular flexibility index (Phi) is 6.41. The first kappa shape index (κ1) is 18.2. The van der Waals surface area contributed by atoms with E-state index in [0.29, 0.717) is 19.4 Å². The van der Waals surface area contributed by atoms with Crippen molar-refractivity contribution >= 4 is 11.8 Å². The molecule has 3 rings (SSSR count). The molecular weight excluding hydrogens is 328 g/mol. The van der Waals surface area contributed by atoms with Gasteiger partial charge in [0.05, 0.1) is 18.3 Å². The highest BCUT2D eigenvalue weighted by Gasteiger charge is 2.15. The second-order valence-electron chi connectivity index (χ2n) is 6.70. The van der Waals surface area contributed by atoms with Crippen LogP contribution in [0.1, 0.15) is 37.7 Å². The third-order valence-electron chi connectivity index (χ3n) is 4.62. The summed E-state index contributed by atoms with van der Waals surface area (Å²) in [7, 11) is 0. The Morgan fingerprint density at radius 1 is 1.15 bits per heavy atom. The molecule has 0 bridgehead atoms. The van der Waals surface area contributed by atoms with Crippen LogP contribution in [0.4, 0.5) is 0 Å². The second kappa shape index (κ2) is 9.17. The van der Waals surface area contributed by atoms with Gasteiger partial charge in [0.1, 0.15) is 0 Å². The van der Waals surface area contributed by atoms with Crippen molar-refractivity contribution in [2.75, 3.05) is 19.6 Å². The normalized spacial score (nSPS) is 14.9. The third-order valence-corrected chi connectivity index (χ3v) is 4.62. The molecular formula is C20H26N4O2. The van der Waals surface area contributed by atoms with Crippen molar-refractivity contribution in [3.63, 3.8) is 0 Å². The van der Waals surface area contributed by atoms with E-state index in [2.05, 4.69) is 10.4 Å². The Balaban J connectivity index is 1.39. The van der Waals surface area contributed by atoms with E-state index < -0.39 is 0 Å². The van der Waals surface area contributed by atoms with Crippen LogP contribution in [0.25, 0.3) is 5.69 Å². The van der Waals surface area contributed by atoms with E-state index in [9.17, 15) is 9.59 Å².